The predicted molar refractivity (Wildman–Crippen MR) is 70.0 cm³/mol. The molecule has 4 N–H and O–H groups in total. The molecule has 0 aliphatic heterocycles. The minimum Gasteiger partial charge on any atom is -0.396 e. The van der Waals surface area contributed by atoms with Crippen LogP contribution >= 0.6 is 0 Å². The number of aromatic amines is 1. The number of carbonyl (C=O) groups excluding carboxylic acids is 1. The van der Waals surface area contributed by atoms with Gasteiger partial charge in [0.1, 0.15) is 5.69 Å². The molecule has 0 spiro atoms. The molecule has 1 aromatic carbocycles. The molecule has 0 saturated heterocycles. The van der Waals surface area contributed by atoms with Crippen molar-refractivity contribution in [1.29, 1.82) is 5.26 Å². The van der Waals surface area contributed by atoms with Crippen molar-refractivity contribution in [1.82, 2.24) is 15.5 Å². The molecule has 1 atom stereocenters. The Morgan fingerprint density at radius 3 is 2.68 bits per heavy atom. The summed E-state index contributed by atoms with van der Waals surface area (Å²) in [5.41, 5.74) is 7.65. The normalized spacial score (nSPS) is 11.6. The lowest BCUT2D eigenvalue weighted by Gasteiger charge is -2.13. The average molecular weight is 255 g/mol. The van der Waals surface area contributed by atoms with E-state index in [0.29, 0.717) is 11.3 Å². The van der Waals surface area contributed by atoms with Gasteiger partial charge >= 0.3 is 0 Å². The number of nitrogen functional groups attached to an aromatic ring is 1. The molecule has 0 bridgehead atoms. The summed E-state index contributed by atoms with van der Waals surface area (Å²) in [4.78, 5) is 11.9. The highest BCUT2D eigenvalue weighted by atomic mass is 16.2. The second-order valence-corrected chi connectivity index (χ2v) is 4.13. The quantitative estimate of drug-likeness (QED) is 0.769. The van der Waals surface area contributed by atoms with Crippen LogP contribution in [0.4, 0.5) is 5.69 Å². The van der Waals surface area contributed by atoms with E-state index < -0.39 is 0 Å². The van der Waals surface area contributed by atoms with E-state index in [0.717, 1.165) is 5.56 Å². The zero-order valence-corrected chi connectivity index (χ0v) is 10.3. The monoisotopic (exact) mass is 255 g/mol. The number of hydrogen-bond acceptors (Lipinski definition) is 4. The molecule has 2 rings (SSSR count). The summed E-state index contributed by atoms with van der Waals surface area (Å²) in [6.07, 6.45) is 1.39. The van der Waals surface area contributed by atoms with E-state index in [1.165, 1.54) is 6.20 Å². The Hall–Kier alpha value is -2.81. The molecule has 0 saturated carbocycles. The van der Waals surface area contributed by atoms with Crippen LogP contribution in [0.2, 0.25) is 0 Å². The van der Waals surface area contributed by atoms with Crippen LogP contribution < -0.4 is 11.1 Å². The molecule has 1 amide bonds. The van der Waals surface area contributed by atoms with Crippen molar-refractivity contribution in [3.05, 3.63) is 47.3 Å². The Labute approximate surface area is 110 Å². The number of anilines is 1. The number of H-pyrrole nitrogens is 1. The van der Waals surface area contributed by atoms with E-state index in [9.17, 15) is 4.79 Å². The van der Waals surface area contributed by atoms with Crippen LogP contribution in [0.15, 0.2) is 30.5 Å². The lowest BCUT2D eigenvalue weighted by molar-refractivity contribution is 0.0935. The molecule has 0 fully saturated rings. The number of nitrogens with two attached hydrogens (primary N) is 1. The fourth-order valence-corrected chi connectivity index (χ4v) is 1.68. The SMILES string of the molecule is CC(NC(=O)c1[nH]ncc1N)c1ccc(C#N)cc1. The first-order chi connectivity index (χ1) is 9.11. The lowest BCUT2D eigenvalue weighted by atomic mass is 10.1. The van der Waals surface area contributed by atoms with E-state index in [4.69, 9.17) is 11.0 Å². The van der Waals surface area contributed by atoms with Gasteiger partial charge in [-0.05, 0) is 24.6 Å². The number of rotatable bonds is 3. The van der Waals surface area contributed by atoms with Crippen LogP contribution in [0.3, 0.4) is 0 Å². The molecule has 1 heterocycles. The number of nitrogens with one attached hydrogen (secondary N) is 2. The summed E-state index contributed by atoms with van der Waals surface area (Å²) in [6, 6.07) is 8.89. The Morgan fingerprint density at radius 1 is 1.47 bits per heavy atom. The second-order valence-electron chi connectivity index (χ2n) is 4.13. The Balaban J connectivity index is 2.08. The highest BCUT2D eigenvalue weighted by Crippen LogP contribution is 2.14. The number of amides is 1. The topological polar surface area (TPSA) is 108 Å². The summed E-state index contributed by atoms with van der Waals surface area (Å²) in [7, 11) is 0. The molecule has 6 heteroatoms. The van der Waals surface area contributed by atoms with Crippen molar-refractivity contribution in [2.75, 3.05) is 5.73 Å². The molecule has 96 valence electrons. The smallest absolute Gasteiger partial charge is 0.271 e. The maximum atomic E-state index is 11.9. The molecule has 1 aromatic heterocycles. The van der Waals surface area contributed by atoms with Gasteiger partial charge in [-0.3, -0.25) is 9.89 Å². The van der Waals surface area contributed by atoms with Gasteiger partial charge in [0, 0.05) is 0 Å². The van der Waals surface area contributed by atoms with Crippen LogP contribution in [0.25, 0.3) is 0 Å². The van der Waals surface area contributed by atoms with Gasteiger partial charge in [0.2, 0.25) is 0 Å². The minimum atomic E-state index is -0.313. The highest BCUT2D eigenvalue weighted by molar-refractivity contribution is 5.97. The third kappa shape index (κ3) is 2.72. The van der Waals surface area contributed by atoms with Crippen molar-refractivity contribution in [2.45, 2.75) is 13.0 Å². The predicted octanol–water partition coefficient (Wildman–Crippen LogP) is 1.35. The van der Waals surface area contributed by atoms with Crippen LogP contribution in [-0.4, -0.2) is 16.1 Å². The highest BCUT2D eigenvalue weighted by Gasteiger charge is 2.15. The van der Waals surface area contributed by atoms with Gasteiger partial charge in [-0.1, -0.05) is 12.1 Å². The fraction of sp³-hybridized carbons (Fsp3) is 0.154. The van der Waals surface area contributed by atoms with E-state index in [1.54, 1.807) is 24.3 Å². The number of nitriles is 1. The van der Waals surface area contributed by atoms with Crippen molar-refractivity contribution < 1.29 is 4.79 Å². The van der Waals surface area contributed by atoms with Crippen LogP contribution in [0, 0.1) is 11.3 Å². The van der Waals surface area contributed by atoms with Crippen molar-refractivity contribution in [3.63, 3.8) is 0 Å². The van der Waals surface area contributed by atoms with Crippen molar-refractivity contribution in [2.24, 2.45) is 0 Å². The van der Waals surface area contributed by atoms with E-state index in [2.05, 4.69) is 15.5 Å². The maximum Gasteiger partial charge on any atom is 0.271 e. The Kier molecular flexibility index (Phi) is 3.48. The third-order valence-electron chi connectivity index (χ3n) is 2.78. The summed E-state index contributed by atoms with van der Waals surface area (Å²) in [5, 5.41) is 17.8. The molecule has 2 aromatic rings. The first-order valence-electron chi connectivity index (χ1n) is 5.71. The maximum absolute atomic E-state index is 11.9. The molecular weight excluding hydrogens is 242 g/mol. The van der Waals surface area contributed by atoms with Gasteiger partial charge in [-0.25, -0.2) is 0 Å². The summed E-state index contributed by atoms with van der Waals surface area (Å²) in [6.45, 7) is 1.85. The van der Waals surface area contributed by atoms with E-state index in [1.807, 2.05) is 13.0 Å². The fourth-order valence-electron chi connectivity index (χ4n) is 1.68. The zero-order valence-electron chi connectivity index (χ0n) is 10.3. The number of benzene rings is 1. The van der Waals surface area contributed by atoms with Gasteiger partial charge in [0.15, 0.2) is 0 Å². The van der Waals surface area contributed by atoms with Crippen molar-refractivity contribution in [3.8, 4) is 6.07 Å². The molecule has 0 aliphatic rings. The number of carbonyl (C=O) groups is 1. The molecule has 19 heavy (non-hydrogen) atoms. The minimum absolute atomic E-state index is 0.192. The Bertz CT molecular complexity index is 623. The summed E-state index contributed by atoms with van der Waals surface area (Å²) < 4.78 is 0. The number of nitrogens with zero attached hydrogens (tertiary/aromatic N) is 2. The van der Waals surface area contributed by atoms with Crippen molar-refractivity contribution >= 4 is 11.6 Å². The standard InChI is InChI=1S/C13H13N5O/c1-8(10-4-2-9(6-14)3-5-10)17-13(19)12-11(15)7-16-18-12/h2-5,7-8H,15H2,1H3,(H,16,18)(H,17,19). The number of hydrogen-bond donors (Lipinski definition) is 3. The third-order valence-corrected chi connectivity index (χ3v) is 2.78. The zero-order chi connectivity index (χ0) is 13.8. The molecule has 0 aliphatic carbocycles. The van der Waals surface area contributed by atoms with E-state index in [-0.39, 0.29) is 17.6 Å². The van der Waals surface area contributed by atoms with Gasteiger partial charge in [-0.2, -0.15) is 10.4 Å². The first kappa shape index (κ1) is 12.6. The first-order valence-corrected chi connectivity index (χ1v) is 5.71. The van der Waals surface area contributed by atoms with E-state index >= 15 is 0 Å². The lowest BCUT2D eigenvalue weighted by Crippen LogP contribution is -2.27. The largest absolute Gasteiger partial charge is 0.396 e. The van der Waals surface area contributed by atoms with Gasteiger partial charge in [0.25, 0.3) is 5.91 Å². The molecule has 6 nitrogen and oxygen atoms in total. The molecular formula is C13H13N5O. The molecule has 1 unspecified atom stereocenters. The van der Waals surface area contributed by atoms with Gasteiger partial charge in [-0.15, -0.1) is 0 Å². The van der Waals surface area contributed by atoms with Crippen LogP contribution in [0.5, 0.6) is 0 Å². The van der Waals surface area contributed by atoms with Gasteiger partial charge in [0.05, 0.1) is 29.6 Å². The molecule has 0 radical (unpaired) electrons. The summed E-state index contributed by atoms with van der Waals surface area (Å²) >= 11 is 0. The number of aromatic nitrogens is 2. The van der Waals surface area contributed by atoms with Crippen LogP contribution in [-0.2, 0) is 0 Å². The average Bonchev–Trinajstić information content (AvgIpc) is 2.85. The summed E-state index contributed by atoms with van der Waals surface area (Å²) in [5.74, 6) is -0.313. The van der Waals surface area contributed by atoms with Gasteiger partial charge < -0.3 is 11.1 Å². The second kappa shape index (κ2) is 5.23. The van der Waals surface area contributed by atoms with Crippen LogP contribution in [0.1, 0.15) is 34.6 Å². The Morgan fingerprint density at radius 2 is 2.16 bits per heavy atom.